The van der Waals surface area contributed by atoms with Crippen LogP contribution in [0.5, 0.6) is 0 Å². The standard InChI is InChI=1S/C29H38ClN7O/c1-20-19-36(14-15-37(20)27(38)12-7-13-35(2)3)22-9-6-8-21(16-22)33-29-32-18-25(30)28(34-29)24-17-31-26-11-5-4-10-23(24)26/h4-5,7,10-12,17-18,20-22,31H,6,8-9,13-16,19H2,1-3H3,(H,32,33,34)/b12-7+/t20-,21-,22+/m1/s1. The Bertz CT molecular complexity index is 1290. The van der Waals surface area contributed by atoms with Crippen LogP contribution in [0.2, 0.25) is 5.02 Å². The molecule has 202 valence electrons. The van der Waals surface area contributed by atoms with Gasteiger partial charge in [0.1, 0.15) is 0 Å². The smallest absolute Gasteiger partial charge is 0.246 e. The summed E-state index contributed by atoms with van der Waals surface area (Å²) >= 11 is 6.54. The van der Waals surface area contributed by atoms with E-state index in [4.69, 9.17) is 16.6 Å². The molecule has 3 aromatic rings. The summed E-state index contributed by atoms with van der Waals surface area (Å²) in [6.07, 6.45) is 11.8. The first kappa shape index (κ1) is 26.7. The zero-order chi connectivity index (χ0) is 26.6. The molecule has 3 heterocycles. The van der Waals surface area contributed by atoms with Crippen LogP contribution in [0.3, 0.4) is 0 Å². The van der Waals surface area contributed by atoms with E-state index in [2.05, 4.69) is 38.1 Å². The predicted octanol–water partition coefficient (Wildman–Crippen LogP) is 4.65. The molecule has 38 heavy (non-hydrogen) atoms. The van der Waals surface area contributed by atoms with Gasteiger partial charge in [-0.1, -0.05) is 35.9 Å². The highest BCUT2D eigenvalue weighted by molar-refractivity contribution is 6.33. The Labute approximate surface area is 230 Å². The molecule has 1 amide bonds. The molecule has 0 unspecified atom stereocenters. The van der Waals surface area contributed by atoms with Gasteiger partial charge < -0.3 is 20.1 Å². The van der Waals surface area contributed by atoms with Crippen LogP contribution in [-0.4, -0.2) is 94.0 Å². The summed E-state index contributed by atoms with van der Waals surface area (Å²) in [5, 5.41) is 5.24. The van der Waals surface area contributed by atoms with Gasteiger partial charge in [-0.2, -0.15) is 0 Å². The lowest BCUT2D eigenvalue weighted by Gasteiger charge is -2.45. The van der Waals surface area contributed by atoms with Crippen molar-refractivity contribution in [3.05, 3.63) is 53.8 Å². The van der Waals surface area contributed by atoms with Gasteiger partial charge in [-0.3, -0.25) is 9.69 Å². The largest absolute Gasteiger partial charge is 0.360 e. The molecular formula is C29H38ClN7O. The Kier molecular flexibility index (Phi) is 8.31. The summed E-state index contributed by atoms with van der Waals surface area (Å²) in [7, 11) is 4.01. The number of rotatable bonds is 7. The van der Waals surface area contributed by atoms with Crippen molar-refractivity contribution < 1.29 is 4.79 Å². The molecule has 3 atom stereocenters. The number of anilines is 1. The average molecular weight is 536 g/mol. The minimum absolute atomic E-state index is 0.119. The zero-order valence-corrected chi connectivity index (χ0v) is 23.3. The molecule has 5 rings (SSSR count). The molecule has 2 aliphatic rings. The van der Waals surface area contributed by atoms with E-state index in [1.54, 1.807) is 12.3 Å². The van der Waals surface area contributed by atoms with Crippen molar-refractivity contribution in [2.45, 2.75) is 50.7 Å². The summed E-state index contributed by atoms with van der Waals surface area (Å²) < 4.78 is 0. The number of piperazine rings is 1. The molecule has 0 spiro atoms. The van der Waals surface area contributed by atoms with E-state index in [9.17, 15) is 4.79 Å². The van der Waals surface area contributed by atoms with Crippen LogP contribution in [0.25, 0.3) is 22.2 Å². The topological polar surface area (TPSA) is 80.4 Å². The molecule has 0 radical (unpaired) electrons. The van der Waals surface area contributed by atoms with Crippen LogP contribution in [0.15, 0.2) is 48.8 Å². The number of fused-ring (bicyclic) bond motifs is 1. The van der Waals surface area contributed by atoms with Gasteiger partial charge in [-0.05, 0) is 52.8 Å². The number of aromatic amines is 1. The van der Waals surface area contributed by atoms with E-state index in [0.29, 0.717) is 23.1 Å². The highest BCUT2D eigenvalue weighted by atomic mass is 35.5. The summed E-state index contributed by atoms with van der Waals surface area (Å²) in [5.74, 6) is 0.738. The van der Waals surface area contributed by atoms with Gasteiger partial charge in [0.15, 0.2) is 0 Å². The number of benzene rings is 1. The fraction of sp³-hybridized carbons (Fsp3) is 0.483. The number of nitrogens with zero attached hydrogens (tertiary/aromatic N) is 5. The zero-order valence-electron chi connectivity index (χ0n) is 22.5. The monoisotopic (exact) mass is 535 g/mol. The number of halogens is 1. The van der Waals surface area contributed by atoms with Gasteiger partial charge in [0.25, 0.3) is 0 Å². The number of nitrogens with one attached hydrogen (secondary N) is 2. The van der Waals surface area contributed by atoms with Crippen molar-refractivity contribution in [1.82, 2.24) is 29.7 Å². The molecule has 0 bridgehead atoms. The number of hydrogen-bond acceptors (Lipinski definition) is 6. The molecule has 1 saturated carbocycles. The number of aromatic nitrogens is 3. The first-order valence-corrected chi connectivity index (χ1v) is 14.0. The summed E-state index contributed by atoms with van der Waals surface area (Å²) in [4.78, 5) is 32.0. The van der Waals surface area contributed by atoms with Crippen molar-refractivity contribution in [1.29, 1.82) is 0 Å². The molecule has 2 fully saturated rings. The van der Waals surface area contributed by atoms with E-state index < -0.39 is 0 Å². The maximum atomic E-state index is 12.7. The van der Waals surface area contributed by atoms with Crippen LogP contribution in [0.1, 0.15) is 32.6 Å². The molecule has 1 aliphatic carbocycles. The quantitative estimate of drug-likeness (QED) is 0.429. The van der Waals surface area contributed by atoms with E-state index >= 15 is 0 Å². The lowest BCUT2D eigenvalue weighted by molar-refractivity contribution is -0.131. The molecule has 9 heteroatoms. The third-order valence-corrected chi connectivity index (χ3v) is 8.03. The number of carbonyl (C=O) groups excluding carboxylic acids is 1. The number of para-hydroxylation sites is 1. The lowest BCUT2D eigenvalue weighted by atomic mass is 9.89. The number of hydrogen-bond donors (Lipinski definition) is 2. The molecular weight excluding hydrogens is 498 g/mol. The van der Waals surface area contributed by atoms with Crippen molar-refractivity contribution in [2.24, 2.45) is 0 Å². The Balaban J connectivity index is 1.21. The van der Waals surface area contributed by atoms with Gasteiger partial charge in [0, 0.05) is 73.0 Å². The predicted molar refractivity (Wildman–Crippen MR) is 154 cm³/mol. The van der Waals surface area contributed by atoms with Crippen LogP contribution in [0, 0.1) is 0 Å². The summed E-state index contributed by atoms with van der Waals surface area (Å²) in [5.41, 5.74) is 2.78. The van der Waals surface area contributed by atoms with Crippen molar-refractivity contribution in [3.63, 3.8) is 0 Å². The Morgan fingerprint density at radius 3 is 2.92 bits per heavy atom. The Hall–Kier alpha value is -2.94. The fourth-order valence-corrected chi connectivity index (χ4v) is 6.00. The third-order valence-electron chi connectivity index (χ3n) is 7.76. The second kappa shape index (κ2) is 11.8. The van der Waals surface area contributed by atoms with Crippen LogP contribution in [-0.2, 0) is 4.79 Å². The van der Waals surface area contributed by atoms with Gasteiger partial charge >= 0.3 is 0 Å². The molecule has 1 aromatic carbocycles. The van der Waals surface area contributed by atoms with Crippen LogP contribution < -0.4 is 5.32 Å². The summed E-state index contributed by atoms with van der Waals surface area (Å²) in [6.45, 7) is 5.53. The van der Waals surface area contributed by atoms with E-state index in [0.717, 1.165) is 67.6 Å². The normalized spacial score (nSPS) is 23.0. The molecule has 2 N–H and O–H groups in total. The molecule has 2 aromatic heterocycles. The summed E-state index contributed by atoms with van der Waals surface area (Å²) in [6, 6.07) is 9.15. The van der Waals surface area contributed by atoms with Gasteiger partial charge in [0.2, 0.25) is 11.9 Å². The second-order valence-corrected chi connectivity index (χ2v) is 11.2. The first-order valence-electron chi connectivity index (χ1n) is 13.6. The lowest BCUT2D eigenvalue weighted by Crippen LogP contribution is -2.57. The van der Waals surface area contributed by atoms with Gasteiger partial charge in [0.05, 0.1) is 16.9 Å². The SMILES string of the molecule is C[C@@H]1CN([C@H]2CCC[C@@H](Nc3ncc(Cl)c(-c4c[nH]c5ccccc45)n3)C2)CCN1C(=O)/C=C/CN(C)C. The minimum atomic E-state index is 0.119. The van der Waals surface area contributed by atoms with Crippen molar-refractivity contribution in [2.75, 3.05) is 45.6 Å². The highest BCUT2D eigenvalue weighted by Crippen LogP contribution is 2.33. The van der Waals surface area contributed by atoms with Crippen LogP contribution >= 0.6 is 11.6 Å². The Morgan fingerprint density at radius 1 is 1.26 bits per heavy atom. The minimum Gasteiger partial charge on any atom is -0.360 e. The number of amides is 1. The maximum Gasteiger partial charge on any atom is 0.246 e. The Morgan fingerprint density at radius 2 is 2.11 bits per heavy atom. The van der Waals surface area contributed by atoms with E-state index in [1.807, 2.05) is 49.5 Å². The van der Waals surface area contributed by atoms with E-state index in [1.165, 1.54) is 6.42 Å². The van der Waals surface area contributed by atoms with Crippen LogP contribution in [0.4, 0.5) is 5.95 Å². The number of H-pyrrole nitrogens is 1. The molecule has 8 nitrogen and oxygen atoms in total. The molecule has 1 aliphatic heterocycles. The second-order valence-electron chi connectivity index (χ2n) is 10.8. The fourth-order valence-electron chi connectivity index (χ4n) is 5.81. The number of likely N-dealkylation sites (N-methyl/N-ethyl adjacent to an activating group) is 1. The van der Waals surface area contributed by atoms with Crippen molar-refractivity contribution in [3.8, 4) is 11.3 Å². The highest BCUT2D eigenvalue weighted by Gasteiger charge is 2.33. The van der Waals surface area contributed by atoms with Gasteiger partial charge in [-0.25, -0.2) is 9.97 Å². The first-order chi connectivity index (χ1) is 18.4. The van der Waals surface area contributed by atoms with Gasteiger partial charge in [-0.15, -0.1) is 0 Å². The number of carbonyl (C=O) groups is 1. The average Bonchev–Trinajstić information content (AvgIpc) is 3.33. The van der Waals surface area contributed by atoms with E-state index in [-0.39, 0.29) is 11.9 Å². The molecule has 1 saturated heterocycles. The third kappa shape index (κ3) is 6.03. The maximum absolute atomic E-state index is 12.7. The van der Waals surface area contributed by atoms with Crippen molar-refractivity contribution >= 4 is 34.4 Å².